The van der Waals surface area contributed by atoms with E-state index in [-0.39, 0.29) is 0 Å². The molecule has 0 fully saturated rings. The van der Waals surface area contributed by atoms with Crippen LogP contribution in [0.25, 0.3) is 0 Å². The van der Waals surface area contributed by atoms with E-state index in [0.29, 0.717) is 5.70 Å². The maximum absolute atomic E-state index is 10.6. The highest BCUT2D eigenvalue weighted by Gasteiger charge is 2.01. The van der Waals surface area contributed by atoms with Crippen LogP contribution in [0.15, 0.2) is 48.4 Å². The van der Waals surface area contributed by atoms with Crippen LogP contribution < -0.4 is 10.1 Å². The van der Waals surface area contributed by atoms with Gasteiger partial charge in [0.25, 0.3) is 6.20 Å². The largest absolute Gasteiger partial charge is 0.497 e. The van der Waals surface area contributed by atoms with Gasteiger partial charge in [-0.05, 0) is 30.3 Å². The Balaban J connectivity index is 2.84. The summed E-state index contributed by atoms with van der Waals surface area (Å²) in [6.45, 7) is 0. The van der Waals surface area contributed by atoms with Gasteiger partial charge in [-0.2, -0.15) is 0 Å². The van der Waals surface area contributed by atoms with Crippen LogP contribution in [0.1, 0.15) is 0 Å². The lowest BCUT2D eigenvalue weighted by molar-refractivity contribution is -0.403. The summed E-state index contributed by atoms with van der Waals surface area (Å²) < 4.78 is 5.05. The third kappa shape index (κ3) is 5.58. The molecule has 0 aliphatic carbocycles. The zero-order valence-electron chi connectivity index (χ0n) is 11.2. The maximum atomic E-state index is 10.6. The number of benzene rings is 1. The number of hydrogen-bond acceptors (Lipinski definition) is 5. The second-order valence-electron chi connectivity index (χ2n) is 4.00. The molecule has 6 nitrogen and oxygen atoms in total. The average Bonchev–Trinajstić information content (AvgIpc) is 2.36. The number of anilines is 1. The Hall–Kier alpha value is -2.50. The van der Waals surface area contributed by atoms with Crippen molar-refractivity contribution in [1.29, 1.82) is 0 Å². The molecule has 102 valence electrons. The molecule has 0 aliphatic heterocycles. The Bertz CT molecular complexity index is 478. The number of nitro groups is 1. The Morgan fingerprint density at radius 1 is 1.37 bits per heavy atom. The molecule has 1 N–H and O–H groups in total. The molecule has 0 saturated carbocycles. The van der Waals surface area contributed by atoms with Gasteiger partial charge in [0.15, 0.2) is 0 Å². The number of hydrogen-bond donors (Lipinski definition) is 1. The SMILES string of the molecule is COc1ccc(NC(/C=C/N(C)C)=C/[N+](=O)[O-])cc1. The van der Waals surface area contributed by atoms with E-state index < -0.39 is 4.92 Å². The van der Waals surface area contributed by atoms with Crippen molar-refractivity contribution in [1.82, 2.24) is 4.90 Å². The highest BCUT2D eigenvalue weighted by Crippen LogP contribution is 2.16. The summed E-state index contributed by atoms with van der Waals surface area (Å²) in [4.78, 5) is 11.9. The molecule has 0 aromatic heterocycles. The minimum Gasteiger partial charge on any atom is -0.497 e. The van der Waals surface area contributed by atoms with E-state index in [2.05, 4.69) is 5.32 Å². The molecule has 0 atom stereocenters. The third-order valence-electron chi connectivity index (χ3n) is 2.18. The van der Waals surface area contributed by atoms with Crippen molar-refractivity contribution < 1.29 is 9.66 Å². The number of rotatable bonds is 6. The molecule has 0 heterocycles. The fourth-order valence-electron chi connectivity index (χ4n) is 1.30. The standard InChI is InChI=1S/C13H17N3O3/c1-15(2)9-8-12(10-16(17)18)14-11-4-6-13(19-3)7-5-11/h4-10,14H,1-3H3/b9-8+,12-10+. The zero-order valence-corrected chi connectivity index (χ0v) is 11.2. The second kappa shape index (κ2) is 7.05. The van der Waals surface area contributed by atoms with E-state index in [4.69, 9.17) is 4.74 Å². The van der Waals surface area contributed by atoms with Crippen LogP contribution in [-0.4, -0.2) is 31.0 Å². The van der Waals surface area contributed by atoms with E-state index in [1.54, 1.807) is 48.6 Å². The van der Waals surface area contributed by atoms with Crippen molar-refractivity contribution in [3.8, 4) is 5.75 Å². The number of ether oxygens (including phenoxy) is 1. The van der Waals surface area contributed by atoms with E-state index >= 15 is 0 Å². The predicted octanol–water partition coefficient (Wildman–Crippen LogP) is 2.30. The molecular formula is C13H17N3O3. The summed E-state index contributed by atoms with van der Waals surface area (Å²) in [6.07, 6.45) is 4.28. The first-order valence-electron chi connectivity index (χ1n) is 5.62. The van der Waals surface area contributed by atoms with Gasteiger partial charge in [0.05, 0.1) is 12.0 Å². The monoisotopic (exact) mass is 263 g/mol. The highest BCUT2D eigenvalue weighted by molar-refractivity contribution is 5.52. The number of nitrogens with zero attached hydrogens (tertiary/aromatic N) is 2. The first-order valence-corrected chi connectivity index (χ1v) is 5.62. The third-order valence-corrected chi connectivity index (χ3v) is 2.18. The van der Waals surface area contributed by atoms with Crippen LogP contribution in [0.5, 0.6) is 5.75 Å². The molecule has 19 heavy (non-hydrogen) atoms. The van der Waals surface area contributed by atoms with Crippen molar-refractivity contribution >= 4 is 5.69 Å². The highest BCUT2D eigenvalue weighted by atomic mass is 16.6. The van der Waals surface area contributed by atoms with Gasteiger partial charge in [-0.3, -0.25) is 10.1 Å². The van der Waals surface area contributed by atoms with Gasteiger partial charge in [-0.25, -0.2) is 0 Å². The lowest BCUT2D eigenvalue weighted by Crippen LogP contribution is -2.04. The normalized spacial score (nSPS) is 11.4. The van der Waals surface area contributed by atoms with Crippen molar-refractivity contribution in [2.45, 2.75) is 0 Å². The van der Waals surface area contributed by atoms with E-state index in [1.807, 2.05) is 14.1 Å². The Labute approximate surface area is 112 Å². The van der Waals surface area contributed by atoms with Crippen molar-refractivity contribution in [2.75, 3.05) is 26.5 Å². The summed E-state index contributed by atoms with van der Waals surface area (Å²) in [5, 5.41) is 13.5. The van der Waals surface area contributed by atoms with Gasteiger partial charge in [0, 0.05) is 26.0 Å². The quantitative estimate of drug-likeness (QED) is 0.484. The minimum atomic E-state index is -0.494. The molecule has 1 rings (SSSR count). The first kappa shape index (κ1) is 14.6. The van der Waals surface area contributed by atoms with Gasteiger partial charge in [0.2, 0.25) is 0 Å². The average molecular weight is 263 g/mol. The minimum absolute atomic E-state index is 0.392. The van der Waals surface area contributed by atoms with Gasteiger partial charge in [-0.1, -0.05) is 0 Å². The van der Waals surface area contributed by atoms with Crippen LogP contribution in [0.3, 0.4) is 0 Å². The van der Waals surface area contributed by atoms with Crippen LogP contribution in [0.2, 0.25) is 0 Å². The summed E-state index contributed by atoms with van der Waals surface area (Å²) in [6, 6.07) is 7.13. The van der Waals surface area contributed by atoms with Gasteiger partial charge >= 0.3 is 0 Å². The Kier molecular flexibility index (Phi) is 5.40. The lowest BCUT2D eigenvalue weighted by Gasteiger charge is -2.08. The van der Waals surface area contributed by atoms with Gasteiger partial charge < -0.3 is 15.0 Å². The number of methoxy groups -OCH3 is 1. The topological polar surface area (TPSA) is 67.6 Å². The molecule has 0 radical (unpaired) electrons. The zero-order chi connectivity index (χ0) is 14.3. The van der Waals surface area contributed by atoms with Crippen molar-refractivity contribution in [2.24, 2.45) is 0 Å². The van der Waals surface area contributed by atoms with Crippen molar-refractivity contribution in [3.63, 3.8) is 0 Å². The molecule has 0 saturated heterocycles. The van der Waals surface area contributed by atoms with Crippen LogP contribution >= 0.6 is 0 Å². The molecule has 0 spiro atoms. The predicted molar refractivity (Wildman–Crippen MR) is 74.5 cm³/mol. The number of nitrogens with one attached hydrogen (secondary N) is 1. The fraction of sp³-hybridized carbons (Fsp3) is 0.231. The molecule has 0 aliphatic rings. The molecule has 1 aromatic carbocycles. The van der Waals surface area contributed by atoms with Gasteiger partial charge in [-0.15, -0.1) is 0 Å². The molecule has 0 amide bonds. The Morgan fingerprint density at radius 3 is 2.47 bits per heavy atom. The van der Waals surface area contributed by atoms with Crippen molar-refractivity contribution in [3.05, 3.63) is 58.6 Å². The molecule has 1 aromatic rings. The molecule has 6 heteroatoms. The number of allylic oxidation sites excluding steroid dienone is 1. The molecule has 0 unspecified atom stereocenters. The van der Waals surface area contributed by atoms with Crippen LogP contribution in [0.4, 0.5) is 5.69 Å². The first-order chi connectivity index (χ1) is 9.01. The van der Waals surface area contributed by atoms with Crippen LogP contribution in [0, 0.1) is 10.1 Å². The Morgan fingerprint density at radius 2 is 2.00 bits per heavy atom. The molecular weight excluding hydrogens is 246 g/mol. The van der Waals surface area contributed by atoms with E-state index in [0.717, 1.165) is 17.6 Å². The second-order valence-corrected chi connectivity index (χ2v) is 4.00. The summed E-state index contributed by atoms with van der Waals surface area (Å²) in [5.41, 5.74) is 1.14. The maximum Gasteiger partial charge on any atom is 0.257 e. The van der Waals surface area contributed by atoms with Crippen LogP contribution in [-0.2, 0) is 0 Å². The summed E-state index contributed by atoms with van der Waals surface area (Å²) in [7, 11) is 5.27. The summed E-state index contributed by atoms with van der Waals surface area (Å²) in [5.74, 6) is 0.731. The van der Waals surface area contributed by atoms with E-state index in [9.17, 15) is 10.1 Å². The van der Waals surface area contributed by atoms with Gasteiger partial charge in [0.1, 0.15) is 11.4 Å². The fourth-order valence-corrected chi connectivity index (χ4v) is 1.30. The summed E-state index contributed by atoms with van der Waals surface area (Å²) >= 11 is 0. The van der Waals surface area contributed by atoms with E-state index in [1.165, 1.54) is 0 Å². The lowest BCUT2D eigenvalue weighted by atomic mass is 10.3. The molecule has 0 bridgehead atoms. The smallest absolute Gasteiger partial charge is 0.257 e.